The van der Waals surface area contributed by atoms with E-state index in [4.69, 9.17) is 16.0 Å². The maximum Gasteiger partial charge on any atom is 0.196 e. The second-order valence-corrected chi connectivity index (χ2v) is 5.34. The van der Waals surface area contributed by atoms with Crippen LogP contribution in [-0.2, 0) is 6.42 Å². The molecule has 0 spiro atoms. The SMILES string of the molecule is CCCCCCC(Cl)Cc1nc2ccccc2o1. The lowest BCUT2D eigenvalue weighted by Crippen LogP contribution is -2.03. The van der Waals surface area contributed by atoms with Crippen molar-refractivity contribution >= 4 is 22.7 Å². The molecule has 1 aromatic heterocycles. The Hall–Kier alpha value is -1.02. The molecule has 0 saturated heterocycles. The topological polar surface area (TPSA) is 26.0 Å². The van der Waals surface area contributed by atoms with E-state index in [0.717, 1.165) is 29.8 Å². The van der Waals surface area contributed by atoms with Gasteiger partial charge in [-0.3, -0.25) is 0 Å². The Morgan fingerprint density at radius 1 is 1.22 bits per heavy atom. The van der Waals surface area contributed by atoms with Gasteiger partial charge in [-0.1, -0.05) is 44.7 Å². The molecule has 18 heavy (non-hydrogen) atoms. The summed E-state index contributed by atoms with van der Waals surface area (Å²) in [5.41, 5.74) is 1.77. The van der Waals surface area contributed by atoms with Crippen molar-refractivity contribution in [3.63, 3.8) is 0 Å². The summed E-state index contributed by atoms with van der Waals surface area (Å²) < 4.78 is 5.67. The fourth-order valence-corrected chi connectivity index (χ4v) is 2.38. The number of alkyl halides is 1. The summed E-state index contributed by atoms with van der Waals surface area (Å²) in [7, 11) is 0. The van der Waals surface area contributed by atoms with Crippen molar-refractivity contribution in [2.24, 2.45) is 0 Å². The van der Waals surface area contributed by atoms with Crippen molar-refractivity contribution in [3.8, 4) is 0 Å². The predicted octanol–water partition coefficient (Wildman–Crippen LogP) is 4.95. The molecule has 2 nitrogen and oxygen atoms in total. The van der Waals surface area contributed by atoms with Crippen molar-refractivity contribution in [1.82, 2.24) is 4.98 Å². The lowest BCUT2D eigenvalue weighted by Gasteiger charge is -2.05. The van der Waals surface area contributed by atoms with Gasteiger partial charge in [0.05, 0.1) is 0 Å². The van der Waals surface area contributed by atoms with Crippen LogP contribution in [0.4, 0.5) is 0 Å². The highest BCUT2D eigenvalue weighted by Crippen LogP contribution is 2.19. The van der Waals surface area contributed by atoms with E-state index < -0.39 is 0 Å². The van der Waals surface area contributed by atoms with Crippen LogP contribution in [0.2, 0.25) is 0 Å². The van der Waals surface area contributed by atoms with E-state index in [1.54, 1.807) is 0 Å². The van der Waals surface area contributed by atoms with Crippen LogP contribution in [0.5, 0.6) is 0 Å². The fourth-order valence-electron chi connectivity index (χ4n) is 2.09. The second kappa shape index (κ2) is 6.79. The summed E-state index contributed by atoms with van der Waals surface area (Å²) in [4.78, 5) is 4.45. The van der Waals surface area contributed by atoms with E-state index in [9.17, 15) is 0 Å². The number of benzene rings is 1. The molecule has 0 radical (unpaired) electrons. The summed E-state index contributed by atoms with van der Waals surface area (Å²) >= 11 is 6.32. The van der Waals surface area contributed by atoms with Crippen LogP contribution in [0.1, 0.15) is 44.9 Å². The Balaban J connectivity index is 1.84. The van der Waals surface area contributed by atoms with Gasteiger partial charge in [-0.15, -0.1) is 11.6 Å². The van der Waals surface area contributed by atoms with E-state index >= 15 is 0 Å². The molecule has 98 valence electrons. The third-order valence-corrected chi connectivity index (χ3v) is 3.48. The first kappa shape index (κ1) is 13.4. The zero-order valence-electron chi connectivity index (χ0n) is 10.9. The number of aromatic nitrogens is 1. The molecule has 0 aliphatic carbocycles. The number of para-hydroxylation sites is 2. The molecule has 0 saturated carbocycles. The van der Waals surface area contributed by atoms with Crippen LogP contribution in [0.3, 0.4) is 0 Å². The zero-order chi connectivity index (χ0) is 12.8. The smallest absolute Gasteiger partial charge is 0.196 e. The first-order valence-electron chi connectivity index (χ1n) is 6.78. The Bertz CT molecular complexity index is 447. The largest absolute Gasteiger partial charge is 0.441 e. The van der Waals surface area contributed by atoms with Crippen LogP contribution in [0.15, 0.2) is 28.7 Å². The molecule has 0 fully saturated rings. The molecule has 0 aliphatic heterocycles. The van der Waals surface area contributed by atoms with Gasteiger partial charge in [-0.2, -0.15) is 0 Å². The minimum absolute atomic E-state index is 0.134. The maximum atomic E-state index is 6.32. The van der Waals surface area contributed by atoms with Gasteiger partial charge < -0.3 is 4.42 Å². The van der Waals surface area contributed by atoms with Gasteiger partial charge in [0.15, 0.2) is 11.5 Å². The van der Waals surface area contributed by atoms with E-state index in [2.05, 4.69) is 11.9 Å². The monoisotopic (exact) mass is 265 g/mol. The standard InChI is InChI=1S/C15H20ClNO/c1-2-3-4-5-8-12(16)11-15-17-13-9-6-7-10-14(13)18-15/h6-7,9-10,12H,2-5,8,11H2,1H3. The quantitative estimate of drug-likeness (QED) is 0.523. The first-order chi connectivity index (χ1) is 8.79. The van der Waals surface area contributed by atoms with Crippen LogP contribution >= 0.6 is 11.6 Å². The van der Waals surface area contributed by atoms with Gasteiger partial charge >= 0.3 is 0 Å². The molecule has 2 aromatic rings. The number of nitrogens with zero attached hydrogens (tertiary/aromatic N) is 1. The molecule has 0 bridgehead atoms. The van der Waals surface area contributed by atoms with E-state index in [1.807, 2.05) is 24.3 Å². The number of rotatable bonds is 7. The first-order valence-corrected chi connectivity index (χ1v) is 7.21. The number of hydrogen-bond donors (Lipinski definition) is 0. The van der Waals surface area contributed by atoms with E-state index in [0.29, 0.717) is 0 Å². The van der Waals surface area contributed by atoms with E-state index in [-0.39, 0.29) is 5.38 Å². The maximum absolute atomic E-state index is 6.32. The van der Waals surface area contributed by atoms with Crippen molar-refractivity contribution in [2.45, 2.75) is 50.8 Å². The van der Waals surface area contributed by atoms with Gasteiger partial charge in [0.25, 0.3) is 0 Å². The molecule has 1 atom stereocenters. The third-order valence-electron chi connectivity index (χ3n) is 3.11. The lowest BCUT2D eigenvalue weighted by atomic mass is 10.1. The van der Waals surface area contributed by atoms with Crippen LogP contribution in [-0.4, -0.2) is 10.4 Å². The van der Waals surface area contributed by atoms with Crippen LogP contribution in [0.25, 0.3) is 11.1 Å². The average Bonchev–Trinajstić information content (AvgIpc) is 2.76. The number of halogens is 1. The van der Waals surface area contributed by atoms with Gasteiger partial charge in [-0.25, -0.2) is 4.98 Å². The normalized spacial score (nSPS) is 13.0. The van der Waals surface area contributed by atoms with Crippen molar-refractivity contribution in [1.29, 1.82) is 0 Å². The summed E-state index contributed by atoms with van der Waals surface area (Å²) in [6.07, 6.45) is 6.79. The molecule has 0 N–H and O–H groups in total. The molecule has 3 heteroatoms. The van der Waals surface area contributed by atoms with Crippen LogP contribution < -0.4 is 0 Å². The summed E-state index contributed by atoms with van der Waals surface area (Å²) in [6.45, 7) is 2.22. The van der Waals surface area contributed by atoms with Crippen molar-refractivity contribution in [2.75, 3.05) is 0 Å². The Kier molecular flexibility index (Phi) is 5.06. The highest BCUT2D eigenvalue weighted by molar-refractivity contribution is 6.20. The third kappa shape index (κ3) is 3.74. The number of oxazole rings is 1. The highest BCUT2D eigenvalue weighted by atomic mass is 35.5. The Morgan fingerprint density at radius 2 is 2.06 bits per heavy atom. The molecule has 1 heterocycles. The Morgan fingerprint density at radius 3 is 2.83 bits per heavy atom. The van der Waals surface area contributed by atoms with Crippen LogP contribution in [0, 0.1) is 0 Å². The molecular formula is C15H20ClNO. The van der Waals surface area contributed by atoms with Gasteiger partial charge in [0, 0.05) is 11.8 Å². The van der Waals surface area contributed by atoms with Gasteiger partial charge in [-0.05, 0) is 18.6 Å². The fraction of sp³-hybridized carbons (Fsp3) is 0.533. The summed E-state index contributed by atoms with van der Waals surface area (Å²) in [5.74, 6) is 0.756. The highest BCUT2D eigenvalue weighted by Gasteiger charge is 2.11. The molecule has 0 aliphatic rings. The zero-order valence-corrected chi connectivity index (χ0v) is 11.6. The minimum atomic E-state index is 0.134. The van der Waals surface area contributed by atoms with Gasteiger partial charge in [0.1, 0.15) is 5.52 Å². The predicted molar refractivity (Wildman–Crippen MR) is 76.1 cm³/mol. The number of hydrogen-bond acceptors (Lipinski definition) is 2. The van der Waals surface area contributed by atoms with Crippen molar-refractivity contribution < 1.29 is 4.42 Å². The molecule has 0 amide bonds. The Labute approximate surface area is 113 Å². The molecule has 2 rings (SSSR count). The lowest BCUT2D eigenvalue weighted by molar-refractivity contribution is 0.508. The van der Waals surface area contributed by atoms with Gasteiger partial charge in [0.2, 0.25) is 0 Å². The minimum Gasteiger partial charge on any atom is -0.441 e. The molecule has 1 aromatic carbocycles. The summed E-state index contributed by atoms with van der Waals surface area (Å²) in [5, 5.41) is 0.134. The van der Waals surface area contributed by atoms with E-state index in [1.165, 1.54) is 25.7 Å². The molecular weight excluding hydrogens is 246 g/mol. The number of unbranched alkanes of at least 4 members (excludes halogenated alkanes) is 3. The second-order valence-electron chi connectivity index (χ2n) is 4.73. The number of fused-ring (bicyclic) bond motifs is 1. The summed E-state index contributed by atoms with van der Waals surface area (Å²) in [6, 6.07) is 7.83. The average molecular weight is 266 g/mol. The van der Waals surface area contributed by atoms with Crippen molar-refractivity contribution in [3.05, 3.63) is 30.2 Å². The molecule has 1 unspecified atom stereocenters.